The van der Waals surface area contributed by atoms with E-state index in [1.165, 1.54) is 11.8 Å². The van der Waals surface area contributed by atoms with E-state index in [1.54, 1.807) is 35.2 Å². The smallest absolute Gasteiger partial charge is 0.237 e. The normalized spacial score (nSPS) is 12.2. The third kappa shape index (κ3) is 3.71. The minimum atomic E-state index is -0.265. The molecule has 7 heteroatoms. The van der Waals surface area contributed by atoms with Gasteiger partial charge in [-0.3, -0.25) is 4.79 Å². The van der Waals surface area contributed by atoms with E-state index in [2.05, 4.69) is 15.5 Å². The number of amides is 1. The first-order valence-corrected chi connectivity index (χ1v) is 6.89. The molecule has 19 heavy (non-hydrogen) atoms. The lowest BCUT2D eigenvalue weighted by molar-refractivity contribution is -0.115. The zero-order valence-corrected chi connectivity index (χ0v) is 12.1. The standard InChI is InChI=1S/C12H13ClN4OS/c1-8(19-12-16-14-7-17(12)2)11(18)15-10-5-3-9(13)4-6-10/h3-8H,1-2H3,(H,15,18). The first kappa shape index (κ1) is 13.9. The Balaban J connectivity index is 1.96. The van der Waals surface area contributed by atoms with Gasteiger partial charge in [-0.05, 0) is 31.2 Å². The van der Waals surface area contributed by atoms with E-state index in [4.69, 9.17) is 11.6 Å². The van der Waals surface area contributed by atoms with Crippen molar-refractivity contribution in [2.45, 2.75) is 17.3 Å². The van der Waals surface area contributed by atoms with Crippen LogP contribution in [-0.4, -0.2) is 25.9 Å². The maximum Gasteiger partial charge on any atom is 0.237 e. The van der Waals surface area contributed by atoms with E-state index >= 15 is 0 Å². The first-order chi connectivity index (χ1) is 9.06. The van der Waals surface area contributed by atoms with Crippen LogP contribution in [-0.2, 0) is 11.8 Å². The van der Waals surface area contributed by atoms with E-state index < -0.39 is 0 Å². The monoisotopic (exact) mass is 296 g/mol. The summed E-state index contributed by atoms with van der Waals surface area (Å²) < 4.78 is 1.77. The lowest BCUT2D eigenvalue weighted by Crippen LogP contribution is -2.22. The predicted octanol–water partition coefficient (Wildman–Crippen LogP) is 2.59. The molecule has 2 rings (SSSR count). The Bertz CT molecular complexity index is 569. The molecule has 0 spiro atoms. The maximum atomic E-state index is 12.0. The van der Waals surface area contributed by atoms with Crippen LogP contribution in [0.15, 0.2) is 35.7 Å². The second kappa shape index (κ2) is 6.08. The Hall–Kier alpha value is -1.53. The summed E-state index contributed by atoms with van der Waals surface area (Å²) in [4.78, 5) is 12.0. The summed E-state index contributed by atoms with van der Waals surface area (Å²) in [5, 5.41) is 11.6. The molecule has 0 aliphatic carbocycles. The molecule has 0 radical (unpaired) electrons. The predicted molar refractivity (Wildman–Crippen MR) is 76.4 cm³/mol. The van der Waals surface area contributed by atoms with E-state index in [9.17, 15) is 4.79 Å². The minimum Gasteiger partial charge on any atom is -0.325 e. The molecule has 100 valence electrons. The molecule has 0 saturated heterocycles. The zero-order chi connectivity index (χ0) is 13.8. The van der Waals surface area contributed by atoms with Crippen molar-refractivity contribution in [1.29, 1.82) is 0 Å². The number of thioether (sulfide) groups is 1. The number of benzene rings is 1. The van der Waals surface area contributed by atoms with Crippen molar-refractivity contribution in [3.05, 3.63) is 35.6 Å². The van der Waals surface area contributed by atoms with Crippen molar-refractivity contribution in [2.75, 3.05) is 5.32 Å². The molecule has 0 aliphatic rings. The SMILES string of the molecule is CC(Sc1nncn1C)C(=O)Nc1ccc(Cl)cc1. The number of rotatable bonds is 4. The number of carbonyl (C=O) groups is 1. The van der Waals surface area contributed by atoms with Gasteiger partial charge in [0.25, 0.3) is 0 Å². The summed E-state index contributed by atoms with van der Waals surface area (Å²) in [5.41, 5.74) is 0.722. The summed E-state index contributed by atoms with van der Waals surface area (Å²) in [6, 6.07) is 7.00. The number of hydrogen-bond acceptors (Lipinski definition) is 4. The van der Waals surface area contributed by atoms with Gasteiger partial charge in [0.2, 0.25) is 5.91 Å². The highest BCUT2D eigenvalue weighted by molar-refractivity contribution is 8.00. The number of hydrogen-bond donors (Lipinski definition) is 1. The maximum absolute atomic E-state index is 12.0. The van der Waals surface area contributed by atoms with Crippen LogP contribution < -0.4 is 5.32 Å². The molecule has 0 fully saturated rings. The van der Waals surface area contributed by atoms with Crippen LogP contribution in [0.25, 0.3) is 0 Å². The number of halogens is 1. The summed E-state index contributed by atoms with van der Waals surface area (Å²) in [5.74, 6) is -0.0877. The average Bonchev–Trinajstić information content (AvgIpc) is 2.78. The highest BCUT2D eigenvalue weighted by Gasteiger charge is 2.17. The lowest BCUT2D eigenvalue weighted by Gasteiger charge is -2.11. The van der Waals surface area contributed by atoms with E-state index in [0.29, 0.717) is 10.2 Å². The van der Waals surface area contributed by atoms with Gasteiger partial charge >= 0.3 is 0 Å². The molecular formula is C12H13ClN4OS. The summed E-state index contributed by atoms with van der Waals surface area (Å²) in [7, 11) is 1.84. The molecule has 1 N–H and O–H groups in total. The van der Waals surface area contributed by atoms with Crippen molar-refractivity contribution < 1.29 is 4.79 Å². The Morgan fingerprint density at radius 2 is 2.11 bits per heavy atom. The summed E-state index contributed by atoms with van der Waals surface area (Å²) in [6.45, 7) is 1.82. The van der Waals surface area contributed by atoms with Gasteiger partial charge in [0, 0.05) is 17.8 Å². The van der Waals surface area contributed by atoms with Gasteiger partial charge < -0.3 is 9.88 Å². The molecular weight excluding hydrogens is 284 g/mol. The van der Waals surface area contributed by atoms with Gasteiger partial charge in [-0.2, -0.15) is 0 Å². The van der Waals surface area contributed by atoms with E-state index in [0.717, 1.165) is 5.69 Å². The summed E-state index contributed by atoms with van der Waals surface area (Å²) in [6.07, 6.45) is 1.60. The Morgan fingerprint density at radius 1 is 1.42 bits per heavy atom. The molecule has 1 aromatic heterocycles. The first-order valence-electron chi connectivity index (χ1n) is 5.63. The fraction of sp³-hybridized carbons (Fsp3) is 0.250. The van der Waals surface area contributed by atoms with Crippen molar-refractivity contribution in [2.24, 2.45) is 7.05 Å². The van der Waals surface area contributed by atoms with Crippen molar-refractivity contribution in [3.8, 4) is 0 Å². The molecule has 1 heterocycles. The Kier molecular flexibility index (Phi) is 4.44. The Labute approximate surface area is 120 Å². The van der Waals surface area contributed by atoms with Crippen molar-refractivity contribution >= 4 is 35.0 Å². The van der Waals surface area contributed by atoms with Crippen molar-refractivity contribution in [1.82, 2.24) is 14.8 Å². The molecule has 1 amide bonds. The van der Waals surface area contributed by atoms with Gasteiger partial charge in [-0.15, -0.1) is 10.2 Å². The number of aromatic nitrogens is 3. The van der Waals surface area contributed by atoms with Crippen LogP contribution >= 0.6 is 23.4 Å². The number of nitrogens with zero attached hydrogens (tertiary/aromatic N) is 3. The third-order valence-electron chi connectivity index (χ3n) is 2.43. The highest BCUT2D eigenvalue weighted by atomic mass is 35.5. The van der Waals surface area contributed by atoms with Crippen LogP contribution in [0.5, 0.6) is 0 Å². The van der Waals surface area contributed by atoms with Crippen LogP contribution in [0.2, 0.25) is 5.02 Å². The van der Waals surface area contributed by atoms with Crippen molar-refractivity contribution in [3.63, 3.8) is 0 Å². The molecule has 0 aliphatic heterocycles. The molecule has 1 atom stereocenters. The fourth-order valence-corrected chi connectivity index (χ4v) is 2.28. The summed E-state index contributed by atoms with van der Waals surface area (Å²) >= 11 is 7.15. The molecule has 1 unspecified atom stereocenters. The molecule has 0 bridgehead atoms. The average molecular weight is 297 g/mol. The van der Waals surface area contributed by atoms with Crippen LogP contribution in [0, 0.1) is 0 Å². The Morgan fingerprint density at radius 3 is 2.68 bits per heavy atom. The fourth-order valence-electron chi connectivity index (χ4n) is 1.37. The largest absolute Gasteiger partial charge is 0.325 e. The highest BCUT2D eigenvalue weighted by Crippen LogP contribution is 2.21. The van der Waals surface area contributed by atoms with Gasteiger partial charge in [-0.1, -0.05) is 23.4 Å². The second-order valence-electron chi connectivity index (χ2n) is 3.98. The molecule has 1 aromatic carbocycles. The van der Waals surface area contributed by atoms with Crippen LogP contribution in [0.4, 0.5) is 5.69 Å². The van der Waals surface area contributed by atoms with E-state index in [1.807, 2.05) is 14.0 Å². The topological polar surface area (TPSA) is 59.8 Å². The van der Waals surface area contributed by atoms with Crippen LogP contribution in [0.1, 0.15) is 6.92 Å². The third-order valence-corrected chi connectivity index (χ3v) is 3.83. The zero-order valence-electron chi connectivity index (χ0n) is 10.5. The van der Waals surface area contributed by atoms with Gasteiger partial charge in [0.15, 0.2) is 5.16 Å². The van der Waals surface area contributed by atoms with Crippen LogP contribution in [0.3, 0.4) is 0 Å². The minimum absolute atomic E-state index is 0.0877. The number of nitrogens with one attached hydrogen (secondary N) is 1. The number of anilines is 1. The molecule has 5 nitrogen and oxygen atoms in total. The second-order valence-corrected chi connectivity index (χ2v) is 5.73. The molecule has 0 saturated carbocycles. The molecule has 2 aromatic rings. The number of aryl methyl sites for hydroxylation is 1. The van der Waals surface area contributed by atoms with E-state index in [-0.39, 0.29) is 11.2 Å². The lowest BCUT2D eigenvalue weighted by atomic mass is 10.3. The van der Waals surface area contributed by atoms with Gasteiger partial charge in [-0.25, -0.2) is 0 Å². The number of carbonyl (C=O) groups excluding carboxylic acids is 1. The quantitative estimate of drug-likeness (QED) is 0.881. The van der Waals surface area contributed by atoms with Gasteiger partial charge in [0.05, 0.1) is 5.25 Å². The van der Waals surface area contributed by atoms with Gasteiger partial charge in [0.1, 0.15) is 6.33 Å².